The first-order valence-electron chi connectivity index (χ1n) is 9.67. The summed E-state index contributed by atoms with van der Waals surface area (Å²) in [5, 5.41) is 12.2. The molecule has 0 unspecified atom stereocenters. The Kier molecular flexibility index (Phi) is 5.99. The van der Waals surface area contributed by atoms with E-state index in [0.717, 1.165) is 16.7 Å². The van der Waals surface area contributed by atoms with Crippen LogP contribution in [0.5, 0.6) is 0 Å². The number of rotatable bonds is 6. The van der Waals surface area contributed by atoms with E-state index in [-0.39, 0.29) is 18.8 Å². The first-order chi connectivity index (χ1) is 15.0. The van der Waals surface area contributed by atoms with Gasteiger partial charge < -0.3 is 4.74 Å². The lowest BCUT2D eigenvalue weighted by Gasteiger charge is -2.14. The average Bonchev–Trinajstić information content (AvgIpc) is 3.28. The number of carbonyl (C=O) groups is 1. The zero-order valence-electron chi connectivity index (χ0n) is 17.0. The van der Waals surface area contributed by atoms with Gasteiger partial charge in [0, 0.05) is 16.1 Å². The molecule has 0 saturated carbocycles. The zero-order valence-corrected chi connectivity index (χ0v) is 17.7. The van der Waals surface area contributed by atoms with E-state index in [9.17, 15) is 4.79 Å². The summed E-state index contributed by atoms with van der Waals surface area (Å²) < 4.78 is 5.23. The van der Waals surface area contributed by atoms with Crippen LogP contribution < -0.4 is 0 Å². The number of halogens is 1. The Morgan fingerprint density at radius 3 is 2.26 bits per heavy atom. The monoisotopic (exact) mass is 434 g/mol. The fourth-order valence-corrected chi connectivity index (χ4v) is 3.19. The molecule has 0 bridgehead atoms. The van der Waals surface area contributed by atoms with Crippen LogP contribution in [0.3, 0.4) is 0 Å². The van der Waals surface area contributed by atoms with E-state index < -0.39 is 5.97 Å². The van der Waals surface area contributed by atoms with Crippen molar-refractivity contribution in [3.05, 3.63) is 76.8 Å². The minimum Gasteiger partial charge on any atom is -0.461 e. The van der Waals surface area contributed by atoms with Crippen molar-refractivity contribution in [1.29, 1.82) is 0 Å². The number of esters is 1. The van der Waals surface area contributed by atoms with Gasteiger partial charge in [-0.2, -0.15) is 4.80 Å². The number of tetrazole rings is 1. The number of ether oxygens (including phenoxy) is 1. The predicted octanol–water partition coefficient (Wildman–Crippen LogP) is 3.98. The molecule has 2 aromatic heterocycles. The van der Waals surface area contributed by atoms with Crippen LogP contribution >= 0.6 is 11.6 Å². The van der Waals surface area contributed by atoms with E-state index >= 15 is 0 Å². The van der Waals surface area contributed by atoms with Gasteiger partial charge in [0.1, 0.15) is 6.54 Å². The minimum absolute atomic E-state index is 0.111. The first-order valence-corrected chi connectivity index (χ1v) is 10.0. The molecular weight excluding hydrogens is 416 g/mol. The van der Waals surface area contributed by atoms with Gasteiger partial charge in [0.25, 0.3) is 0 Å². The number of aromatic nitrogens is 6. The summed E-state index contributed by atoms with van der Waals surface area (Å²) in [5.74, 6) is -0.559. The fraction of sp³-hybridized carbons (Fsp3) is 0.182. The molecule has 31 heavy (non-hydrogen) atoms. The van der Waals surface area contributed by atoms with Crippen LogP contribution in [0.2, 0.25) is 5.02 Å². The molecule has 2 heterocycles. The lowest BCUT2D eigenvalue weighted by molar-refractivity contribution is 0.0517. The van der Waals surface area contributed by atoms with Crippen molar-refractivity contribution in [2.24, 2.45) is 0 Å². The molecule has 0 N–H and O–H groups in total. The summed E-state index contributed by atoms with van der Waals surface area (Å²) >= 11 is 6.07. The molecule has 0 radical (unpaired) electrons. The lowest BCUT2D eigenvalue weighted by Crippen LogP contribution is -2.17. The zero-order chi connectivity index (χ0) is 21.8. The van der Waals surface area contributed by atoms with Crippen LogP contribution in [-0.4, -0.2) is 42.8 Å². The quantitative estimate of drug-likeness (QED) is 0.423. The summed E-state index contributed by atoms with van der Waals surface area (Å²) in [5.41, 5.74) is 4.46. The standard InChI is InChI=1S/C22H19ClN6O2/c1-3-31-22(30)21-18(12-29-25-13-24-28-29)26-19(15-6-4-14(2)5-7-15)20(27-21)16-8-10-17(23)11-9-16/h4-11,13H,3,12H2,1-2H3. The summed E-state index contributed by atoms with van der Waals surface area (Å²) in [7, 11) is 0. The minimum atomic E-state index is -0.559. The van der Waals surface area contributed by atoms with E-state index in [1.807, 2.05) is 43.3 Å². The predicted molar refractivity (Wildman–Crippen MR) is 116 cm³/mol. The number of nitrogens with zero attached hydrogens (tertiary/aromatic N) is 6. The van der Waals surface area contributed by atoms with Crippen LogP contribution in [0.4, 0.5) is 0 Å². The number of hydrogen-bond acceptors (Lipinski definition) is 7. The molecule has 156 valence electrons. The topological polar surface area (TPSA) is 95.7 Å². The Morgan fingerprint density at radius 2 is 1.65 bits per heavy atom. The molecule has 0 aliphatic carbocycles. The highest BCUT2D eigenvalue weighted by Gasteiger charge is 2.23. The van der Waals surface area contributed by atoms with Gasteiger partial charge >= 0.3 is 5.97 Å². The van der Waals surface area contributed by atoms with E-state index in [2.05, 4.69) is 15.4 Å². The third kappa shape index (κ3) is 4.59. The molecule has 0 aliphatic rings. The van der Waals surface area contributed by atoms with Crippen LogP contribution in [0.15, 0.2) is 54.9 Å². The molecule has 0 fully saturated rings. The second-order valence-electron chi connectivity index (χ2n) is 6.78. The van der Waals surface area contributed by atoms with Gasteiger partial charge in [-0.25, -0.2) is 14.8 Å². The highest BCUT2D eigenvalue weighted by Crippen LogP contribution is 2.31. The third-order valence-corrected chi connectivity index (χ3v) is 4.81. The molecular formula is C22H19ClN6O2. The number of aryl methyl sites for hydroxylation is 1. The van der Waals surface area contributed by atoms with Crippen molar-refractivity contribution < 1.29 is 9.53 Å². The highest BCUT2D eigenvalue weighted by atomic mass is 35.5. The SMILES string of the molecule is CCOC(=O)c1nc(-c2ccc(Cl)cc2)c(-c2ccc(C)cc2)nc1Cn1ncnn1. The fourth-order valence-electron chi connectivity index (χ4n) is 3.06. The molecule has 0 saturated heterocycles. The largest absolute Gasteiger partial charge is 0.461 e. The molecule has 8 nitrogen and oxygen atoms in total. The van der Waals surface area contributed by atoms with Crippen LogP contribution in [0.25, 0.3) is 22.5 Å². The van der Waals surface area contributed by atoms with Gasteiger partial charge in [0.2, 0.25) is 0 Å². The van der Waals surface area contributed by atoms with Crippen LogP contribution in [-0.2, 0) is 11.3 Å². The molecule has 4 rings (SSSR count). The maximum atomic E-state index is 12.7. The van der Waals surface area contributed by atoms with Gasteiger partial charge in [-0.05, 0) is 31.2 Å². The van der Waals surface area contributed by atoms with E-state index in [0.29, 0.717) is 22.1 Å². The van der Waals surface area contributed by atoms with Gasteiger partial charge in [-0.15, -0.1) is 10.2 Å². The molecule has 2 aromatic carbocycles. The van der Waals surface area contributed by atoms with Gasteiger partial charge in [-0.3, -0.25) is 0 Å². The Hall–Kier alpha value is -3.65. The van der Waals surface area contributed by atoms with Crippen LogP contribution in [0.1, 0.15) is 28.7 Å². The molecule has 9 heteroatoms. The summed E-state index contributed by atoms with van der Waals surface area (Å²) in [4.78, 5) is 23.6. The van der Waals surface area contributed by atoms with E-state index in [4.69, 9.17) is 26.3 Å². The maximum Gasteiger partial charge on any atom is 0.358 e. The smallest absolute Gasteiger partial charge is 0.358 e. The molecule has 4 aromatic rings. The van der Waals surface area contributed by atoms with Crippen molar-refractivity contribution in [2.45, 2.75) is 20.4 Å². The van der Waals surface area contributed by atoms with Crippen LogP contribution in [0, 0.1) is 6.92 Å². The van der Waals surface area contributed by atoms with E-state index in [1.54, 1.807) is 19.1 Å². The lowest BCUT2D eigenvalue weighted by atomic mass is 10.0. The average molecular weight is 435 g/mol. The van der Waals surface area contributed by atoms with Crippen molar-refractivity contribution in [3.63, 3.8) is 0 Å². The Bertz CT molecular complexity index is 1190. The molecule has 0 amide bonds. The van der Waals surface area contributed by atoms with Crippen molar-refractivity contribution in [1.82, 2.24) is 30.2 Å². The number of hydrogen-bond donors (Lipinski definition) is 0. The maximum absolute atomic E-state index is 12.7. The van der Waals surface area contributed by atoms with Crippen molar-refractivity contribution >= 4 is 17.6 Å². The third-order valence-electron chi connectivity index (χ3n) is 4.56. The first kappa shape index (κ1) is 20.6. The van der Waals surface area contributed by atoms with Gasteiger partial charge in [0.05, 0.1) is 23.7 Å². The number of benzene rings is 2. The molecule has 0 atom stereocenters. The summed E-state index contributed by atoms with van der Waals surface area (Å²) in [6.45, 7) is 4.10. The molecule has 0 aliphatic heterocycles. The Balaban J connectivity index is 1.94. The van der Waals surface area contributed by atoms with Gasteiger partial charge in [0.15, 0.2) is 12.0 Å². The normalized spacial score (nSPS) is 10.8. The number of carbonyl (C=O) groups excluding carboxylic acids is 1. The summed E-state index contributed by atoms with van der Waals surface area (Å²) in [6.07, 6.45) is 1.32. The Morgan fingerprint density at radius 1 is 1.00 bits per heavy atom. The molecule has 0 spiro atoms. The second-order valence-corrected chi connectivity index (χ2v) is 7.21. The van der Waals surface area contributed by atoms with Gasteiger partial charge in [-0.1, -0.05) is 53.6 Å². The van der Waals surface area contributed by atoms with E-state index in [1.165, 1.54) is 11.1 Å². The Labute approximate surface area is 183 Å². The van der Waals surface area contributed by atoms with Crippen molar-refractivity contribution in [3.8, 4) is 22.5 Å². The summed E-state index contributed by atoms with van der Waals surface area (Å²) in [6, 6.07) is 15.2. The van der Waals surface area contributed by atoms with Crippen molar-refractivity contribution in [2.75, 3.05) is 6.61 Å². The second kappa shape index (κ2) is 9.01. The highest BCUT2D eigenvalue weighted by molar-refractivity contribution is 6.30.